The Kier molecular flexibility index (Phi) is 8.41. The SMILES string of the molecule is O=C(O)N[C@H](CF)[C@H]1CC[C@H](C(=O)NN2CC[C@@H](C3CCCCC3)[C@H]2C(=O)Nc2ccc3c(c2)cc2n3C3(CCC3)OC2=O)CC1. The number of hydrogen-bond acceptors (Lipinski definition) is 6. The van der Waals surface area contributed by atoms with Gasteiger partial charge in [-0.25, -0.2) is 19.0 Å². The van der Waals surface area contributed by atoms with Gasteiger partial charge in [0.1, 0.15) is 18.4 Å². The van der Waals surface area contributed by atoms with Crippen molar-refractivity contribution < 1.29 is 33.4 Å². The third-order valence-corrected chi connectivity index (χ3v) is 11.5. The van der Waals surface area contributed by atoms with Crippen LogP contribution in [0.1, 0.15) is 94.0 Å². The van der Waals surface area contributed by atoms with Gasteiger partial charge in [-0.3, -0.25) is 19.6 Å². The molecular weight excluding hydrogens is 593 g/mol. The molecule has 12 heteroatoms. The van der Waals surface area contributed by atoms with Crippen LogP contribution in [0.3, 0.4) is 0 Å². The molecule has 3 amide bonds. The molecule has 3 aliphatic carbocycles. The molecule has 4 fully saturated rings. The van der Waals surface area contributed by atoms with Crippen LogP contribution in [0.5, 0.6) is 0 Å². The predicted octanol–water partition coefficient (Wildman–Crippen LogP) is 5.30. The molecule has 3 heterocycles. The lowest BCUT2D eigenvalue weighted by Crippen LogP contribution is -2.54. The van der Waals surface area contributed by atoms with Crippen molar-refractivity contribution in [2.75, 3.05) is 18.5 Å². The van der Waals surface area contributed by atoms with Crippen LogP contribution in [0.15, 0.2) is 24.3 Å². The predicted molar refractivity (Wildman–Crippen MR) is 167 cm³/mol. The fourth-order valence-electron chi connectivity index (χ4n) is 8.97. The fourth-order valence-corrected chi connectivity index (χ4v) is 8.97. The number of fused-ring (bicyclic) bond motifs is 4. The van der Waals surface area contributed by atoms with Crippen LogP contribution in [0.2, 0.25) is 0 Å². The van der Waals surface area contributed by atoms with Crippen LogP contribution in [0, 0.1) is 23.7 Å². The zero-order chi connectivity index (χ0) is 32.0. The summed E-state index contributed by atoms with van der Waals surface area (Å²) in [6.07, 6.45) is 10.1. The summed E-state index contributed by atoms with van der Waals surface area (Å²) in [6.45, 7) is -0.184. The Morgan fingerprint density at radius 3 is 2.41 bits per heavy atom. The minimum absolute atomic E-state index is 0.124. The first-order valence-electron chi connectivity index (χ1n) is 17.1. The van der Waals surface area contributed by atoms with E-state index in [0.717, 1.165) is 62.3 Å². The number of amides is 3. The minimum Gasteiger partial charge on any atom is -0.465 e. The van der Waals surface area contributed by atoms with Gasteiger partial charge in [0.05, 0.1) is 11.6 Å². The molecule has 11 nitrogen and oxygen atoms in total. The summed E-state index contributed by atoms with van der Waals surface area (Å²) < 4.78 is 21.2. The topological polar surface area (TPSA) is 142 Å². The molecule has 1 aromatic carbocycles. The number of anilines is 1. The van der Waals surface area contributed by atoms with Crippen LogP contribution < -0.4 is 16.1 Å². The van der Waals surface area contributed by atoms with Crippen molar-refractivity contribution in [3.05, 3.63) is 30.0 Å². The van der Waals surface area contributed by atoms with Gasteiger partial charge in [-0.15, -0.1) is 0 Å². The number of alkyl halides is 1. The summed E-state index contributed by atoms with van der Waals surface area (Å²) in [5.74, 6) is -0.462. The van der Waals surface area contributed by atoms with Crippen molar-refractivity contribution in [1.29, 1.82) is 0 Å². The number of benzene rings is 1. The zero-order valence-corrected chi connectivity index (χ0v) is 26.1. The van der Waals surface area contributed by atoms with E-state index in [9.17, 15) is 23.6 Å². The van der Waals surface area contributed by atoms with Gasteiger partial charge in [0.15, 0.2) is 5.72 Å². The monoisotopic (exact) mass is 637 g/mol. The first-order valence-corrected chi connectivity index (χ1v) is 17.1. The smallest absolute Gasteiger partial charge is 0.404 e. The number of carbonyl (C=O) groups excluding carboxylic acids is 3. The van der Waals surface area contributed by atoms with E-state index in [2.05, 4.69) is 16.1 Å². The van der Waals surface area contributed by atoms with E-state index in [4.69, 9.17) is 9.84 Å². The van der Waals surface area contributed by atoms with E-state index in [1.165, 1.54) is 6.42 Å². The molecule has 7 rings (SSSR count). The molecule has 4 N–H and O–H groups in total. The second-order valence-corrected chi connectivity index (χ2v) is 14.1. The summed E-state index contributed by atoms with van der Waals surface area (Å²) in [5.41, 5.74) is 4.64. The number of halogens is 1. The molecule has 0 radical (unpaired) electrons. The van der Waals surface area contributed by atoms with Crippen LogP contribution >= 0.6 is 0 Å². The number of carbonyl (C=O) groups is 4. The highest BCUT2D eigenvalue weighted by Gasteiger charge is 2.50. The Hall–Kier alpha value is -3.67. The van der Waals surface area contributed by atoms with E-state index < -0.39 is 30.6 Å². The number of esters is 1. The number of hydrazine groups is 1. The molecule has 2 aliphatic heterocycles. The molecule has 1 saturated heterocycles. The largest absolute Gasteiger partial charge is 0.465 e. The van der Waals surface area contributed by atoms with Crippen LogP contribution in [0.25, 0.3) is 10.9 Å². The number of hydrogen-bond donors (Lipinski definition) is 4. The second-order valence-electron chi connectivity index (χ2n) is 14.1. The normalized spacial score (nSPS) is 28.3. The first kappa shape index (κ1) is 31.0. The van der Waals surface area contributed by atoms with E-state index in [0.29, 0.717) is 49.5 Å². The number of rotatable bonds is 8. The maximum Gasteiger partial charge on any atom is 0.404 e. The fraction of sp³-hybridized carbons (Fsp3) is 0.647. The van der Waals surface area contributed by atoms with Gasteiger partial charge in [0.2, 0.25) is 11.8 Å². The van der Waals surface area contributed by atoms with Gasteiger partial charge < -0.3 is 20.5 Å². The van der Waals surface area contributed by atoms with E-state index in [-0.39, 0.29) is 35.5 Å². The van der Waals surface area contributed by atoms with Crippen molar-refractivity contribution in [2.45, 2.75) is 101 Å². The molecule has 46 heavy (non-hydrogen) atoms. The molecule has 0 bridgehead atoms. The highest BCUT2D eigenvalue weighted by Crippen LogP contribution is 2.48. The Morgan fingerprint density at radius 2 is 1.74 bits per heavy atom. The number of nitrogens with one attached hydrogen (secondary N) is 3. The first-order chi connectivity index (χ1) is 22.3. The average Bonchev–Trinajstić information content (AvgIpc) is 3.72. The number of carboxylic acid groups (broad SMARTS) is 1. The molecular formula is C34H44FN5O6. The second kappa shape index (κ2) is 12.5. The van der Waals surface area contributed by atoms with Crippen LogP contribution in [-0.2, 0) is 20.1 Å². The molecule has 3 saturated carbocycles. The van der Waals surface area contributed by atoms with Gasteiger partial charge in [-0.2, -0.15) is 0 Å². The van der Waals surface area contributed by atoms with E-state index in [1.807, 2.05) is 33.8 Å². The lowest BCUT2D eigenvalue weighted by atomic mass is 9.76. The van der Waals surface area contributed by atoms with Gasteiger partial charge in [0, 0.05) is 36.4 Å². The molecule has 5 aliphatic rings. The summed E-state index contributed by atoms with van der Waals surface area (Å²) in [4.78, 5) is 51.3. The van der Waals surface area contributed by atoms with Crippen molar-refractivity contribution in [2.24, 2.45) is 23.7 Å². The van der Waals surface area contributed by atoms with Crippen molar-refractivity contribution in [1.82, 2.24) is 20.3 Å². The maximum absolute atomic E-state index is 14.1. The number of nitrogens with zero attached hydrogens (tertiary/aromatic N) is 2. The standard InChI is InChI=1S/C34H44FN5O6/c35-19-26(37-33(44)45)21-7-9-22(10-8-21)30(41)38-39-16-13-25(20-5-2-1-3-6-20)29(39)31(42)36-24-11-12-27-23(17-24)18-28-32(43)46-34(40(27)28)14-4-15-34/h11-12,17-18,20-22,25-26,29,37H,1-10,13-16,19H2,(H,36,42)(H,38,41)(H,44,45)/t21-,22-,25-,26+,29-/m0/s1. The van der Waals surface area contributed by atoms with Crippen molar-refractivity contribution in [3.8, 4) is 0 Å². The maximum atomic E-state index is 14.1. The quantitative estimate of drug-likeness (QED) is 0.288. The summed E-state index contributed by atoms with van der Waals surface area (Å²) in [5, 5.41) is 17.2. The Bertz CT molecular complexity index is 1510. The van der Waals surface area contributed by atoms with Gasteiger partial charge >= 0.3 is 12.1 Å². The highest BCUT2D eigenvalue weighted by molar-refractivity contribution is 6.01. The van der Waals surface area contributed by atoms with Crippen LogP contribution in [-0.4, -0.2) is 63.9 Å². The third kappa shape index (κ3) is 5.62. The van der Waals surface area contributed by atoms with Gasteiger partial charge in [-0.05, 0) is 80.5 Å². The average molecular weight is 638 g/mol. The highest BCUT2D eigenvalue weighted by atomic mass is 19.1. The summed E-state index contributed by atoms with van der Waals surface area (Å²) in [7, 11) is 0. The van der Waals surface area contributed by atoms with Crippen molar-refractivity contribution >= 4 is 40.5 Å². The Morgan fingerprint density at radius 1 is 0.978 bits per heavy atom. The summed E-state index contributed by atoms with van der Waals surface area (Å²) in [6, 6.07) is 6.30. The Balaban J connectivity index is 1.05. The van der Waals surface area contributed by atoms with Crippen molar-refractivity contribution in [3.63, 3.8) is 0 Å². The van der Waals surface area contributed by atoms with Crippen LogP contribution in [0.4, 0.5) is 14.9 Å². The molecule has 248 valence electrons. The lowest BCUT2D eigenvalue weighted by molar-refractivity contribution is -0.134. The third-order valence-electron chi connectivity index (χ3n) is 11.5. The molecule has 0 unspecified atom stereocenters. The molecule has 3 atom stereocenters. The van der Waals surface area contributed by atoms with Gasteiger partial charge in [0.25, 0.3) is 0 Å². The Labute approximate surface area is 267 Å². The van der Waals surface area contributed by atoms with Gasteiger partial charge in [-0.1, -0.05) is 32.1 Å². The number of aromatic nitrogens is 1. The minimum atomic E-state index is -1.24. The van der Waals surface area contributed by atoms with E-state index in [1.54, 1.807) is 0 Å². The van der Waals surface area contributed by atoms with E-state index >= 15 is 0 Å². The number of ether oxygens (including phenoxy) is 1. The molecule has 1 spiro atoms. The molecule has 2 aromatic rings. The summed E-state index contributed by atoms with van der Waals surface area (Å²) >= 11 is 0. The lowest BCUT2D eigenvalue weighted by Gasteiger charge is -2.38. The molecule has 1 aromatic heterocycles. The zero-order valence-electron chi connectivity index (χ0n) is 26.1.